The lowest BCUT2D eigenvalue weighted by Crippen LogP contribution is -2.43. The van der Waals surface area contributed by atoms with Gasteiger partial charge in [0.15, 0.2) is 0 Å². The molecular weight excluding hydrogens is 374 g/mol. The molecule has 0 saturated carbocycles. The maximum absolute atomic E-state index is 12.2. The number of carboxylic acid groups (broad SMARTS) is 1. The number of ether oxygens (including phenoxy) is 2. The van der Waals surface area contributed by atoms with Crippen molar-refractivity contribution in [2.75, 3.05) is 6.61 Å². The van der Waals surface area contributed by atoms with Gasteiger partial charge < -0.3 is 19.9 Å². The molecule has 1 atom stereocenters. The van der Waals surface area contributed by atoms with Crippen molar-refractivity contribution >= 4 is 18.0 Å². The summed E-state index contributed by atoms with van der Waals surface area (Å²) in [6.45, 7) is 4.93. The molecule has 1 amide bonds. The molecule has 7 heteroatoms. The summed E-state index contributed by atoms with van der Waals surface area (Å²) in [7, 11) is 0. The molecule has 0 saturated heterocycles. The zero-order valence-corrected chi connectivity index (χ0v) is 15.9. The summed E-state index contributed by atoms with van der Waals surface area (Å²) < 4.78 is 10.0. The minimum Gasteiger partial charge on any atom is -0.480 e. The van der Waals surface area contributed by atoms with Crippen LogP contribution in [-0.4, -0.2) is 35.8 Å². The van der Waals surface area contributed by atoms with Crippen LogP contribution in [0.25, 0.3) is 11.1 Å². The summed E-state index contributed by atoms with van der Waals surface area (Å²) in [5.74, 6) is -2.17. The Balaban J connectivity index is 1.65. The van der Waals surface area contributed by atoms with Crippen LogP contribution in [0, 0.1) is 0 Å². The van der Waals surface area contributed by atoms with Crippen LogP contribution in [0.1, 0.15) is 30.4 Å². The van der Waals surface area contributed by atoms with Crippen molar-refractivity contribution in [3.05, 3.63) is 72.0 Å². The van der Waals surface area contributed by atoms with Gasteiger partial charge in [0, 0.05) is 5.92 Å². The van der Waals surface area contributed by atoms with Crippen molar-refractivity contribution in [3.63, 3.8) is 0 Å². The van der Waals surface area contributed by atoms with Gasteiger partial charge in [0.2, 0.25) is 0 Å². The van der Waals surface area contributed by atoms with E-state index in [1.165, 1.54) is 6.92 Å². The van der Waals surface area contributed by atoms with Crippen molar-refractivity contribution in [2.24, 2.45) is 0 Å². The number of hydrogen-bond acceptors (Lipinski definition) is 5. The molecule has 0 radical (unpaired) electrons. The standard InChI is InChI=1S/C22H21NO6/c1-13(2)29-20(24)11-19(21(25)26)23-22(27)28-12-18-16-9-5-3-7-14(16)15-8-4-6-10-17(15)18/h3-10,18-19H,1,11-12H2,2H3,(H,23,27)(H,25,26). The first-order valence-corrected chi connectivity index (χ1v) is 9.07. The second-order valence-corrected chi connectivity index (χ2v) is 6.74. The molecule has 3 rings (SSSR count). The van der Waals surface area contributed by atoms with Gasteiger partial charge in [-0.3, -0.25) is 4.79 Å². The van der Waals surface area contributed by atoms with Gasteiger partial charge in [-0.2, -0.15) is 0 Å². The molecule has 150 valence electrons. The van der Waals surface area contributed by atoms with E-state index in [2.05, 4.69) is 11.9 Å². The molecule has 1 aliphatic carbocycles. The molecule has 7 nitrogen and oxygen atoms in total. The number of aliphatic carboxylic acids is 1. The summed E-state index contributed by atoms with van der Waals surface area (Å²) in [5.41, 5.74) is 4.26. The van der Waals surface area contributed by atoms with Gasteiger partial charge in [0.25, 0.3) is 0 Å². The zero-order chi connectivity index (χ0) is 21.0. The molecule has 1 unspecified atom stereocenters. The molecule has 0 fully saturated rings. The maximum Gasteiger partial charge on any atom is 0.407 e. The number of rotatable bonds is 7. The van der Waals surface area contributed by atoms with Gasteiger partial charge in [-0.1, -0.05) is 55.1 Å². The molecule has 29 heavy (non-hydrogen) atoms. The number of hydrogen-bond donors (Lipinski definition) is 2. The normalized spacial score (nSPS) is 13.0. The van der Waals surface area contributed by atoms with Gasteiger partial charge in [-0.25, -0.2) is 9.59 Å². The highest BCUT2D eigenvalue weighted by atomic mass is 16.6. The van der Waals surface area contributed by atoms with Crippen LogP contribution in [0.5, 0.6) is 0 Å². The summed E-state index contributed by atoms with van der Waals surface area (Å²) in [5, 5.41) is 11.4. The van der Waals surface area contributed by atoms with E-state index < -0.39 is 30.5 Å². The molecular formula is C22H21NO6. The molecule has 2 aromatic carbocycles. The fourth-order valence-corrected chi connectivity index (χ4v) is 3.39. The molecule has 0 aromatic heterocycles. The lowest BCUT2D eigenvalue weighted by molar-refractivity contribution is -0.146. The predicted molar refractivity (Wildman–Crippen MR) is 105 cm³/mol. The van der Waals surface area contributed by atoms with Crippen LogP contribution >= 0.6 is 0 Å². The maximum atomic E-state index is 12.2. The number of esters is 1. The van der Waals surface area contributed by atoms with Gasteiger partial charge in [0.1, 0.15) is 12.6 Å². The molecule has 2 aromatic rings. The minimum absolute atomic E-state index is 0.0441. The lowest BCUT2D eigenvalue weighted by Gasteiger charge is -2.17. The van der Waals surface area contributed by atoms with Crippen molar-refractivity contribution in [2.45, 2.75) is 25.3 Å². The summed E-state index contributed by atoms with van der Waals surface area (Å²) >= 11 is 0. The number of carboxylic acids is 1. The number of allylic oxidation sites excluding steroid dienone is 1. The predicted octanol–water partition coefficient (Wildman–Crippen LogP) is 3.45. The van der Waals surface area contributed by atoms with E-state index in [9.17, 15) is 19.5 Å². The summed E-state index contributed by atoms with van der Waals surface area (Å²) in [6.07, 6.45) is -1.45. The largest absolute Gasteiger partial charge is 0.480 e. The van der Waals surface area contributed by atoms with Gasteiger partial charge in [0.05, 0.1) is 12.2 Å². The van der Waals surface area contributed by atoms with Crippen molar-refractivity contribution in [3.8, 4) is 11.1 Å². The van der Waals surface area contributed by atoms with E-state index in [0.29, 0.717) is 0 Å². The van der Waals surface area contributed by atoms with Crippen LogP contribution in [0.15, 0.2) is 60.9 Å². The molecule has 2 N–H and O–H groups in total. The molecule has 0 bridgehead atoms. The van der Waals surface area contributed by atoms with Crippen molar-refractivity contribution in [1.29, 1.82) is 0 Å². The minimum atomic E-state index is -1.46. The van der Waals surface area contributed by atoms with E-state index in [1.807, 2.05) is 48.5 Å². The first-order valence-electron chi connectivity index (χ1n) is 9.07. The zero-order valence-electron chi connectivity index (χ0n) is 15.9. The fourth-order valence-electron chi connectivity index (χ4n) is 3.39. The van der Waals surface area contributed by atoms with Gasteiger partial charge in [-0.05, 0) is 29.2 Å². The molecule has 0 aliphatic heterocycles. The third kappa shape index (κ3) is 4.63. The summed E-state index contributed by atoms with van der Waals surface area (Å²) in [6, 6.07) is 14.3. The Kier molecular flexibility index (Phi) is 5.97. The number of amides is 1. The van der Waals surface area contributed by atoms with E-state index in [0.717, 1.165) is 22.3 Å². The smallest absolute Gasteiger partial charge is 0.407 e. The van der Waals surface area contributed by atoms with Crippen molar-refractivity contribution < 1.29 is 29.0 Å². The van der Waals surface area contributed by atoms with E-state index in [4.69, 9.17) is 9.47 Å². The Labute approximate surface area is 167 Å². The highest BCUT2D eigenvalue weighted by Gasteiger charge is 2.30. The highest BCUT2D eigenvalue weighted by molar-refractivity contribution is 5.85. The number of fused-ring (bicyclic) bond motifs is 3. The Morgan fingerprint density at radius 1 is 1.07 bits per heavy atom. The average molecular weight is 395 g/mol. The van der Waals surface area contributed by atoms with Crippen LogP contribution in [0.4, 0.5) is 4.79 Å². The number of carbonyl (C=O) groups excluding carboxylic acids is 2. The van der Waals surface area contributed by atoms with Crippen molar-refractivity contribution in [1.82, 2.24) is 5.32 Å². The third-order valence-electron chi connectivity index (χ3n) is 4.59. The van der Waals surface area contributed by atoms with Gasteiger partial charge in [-0.15, -0.1) is 0 Å². The molecule has 0 spiro atoms. The molecule has 0 heterocycles. The number of benzene rings is 2. The topological polar surface area (TPSA) is 102 Å². The van der Waals surface area contributed by atoms with Crippen LogP contribution < -0.4 is 5.32 Å². The lowest BCUT2D eigenvalue weighted by atomic mass is 9.98. The Morgan fingerprint density at radius 3 is 2.14 bits per heavy atom. The second-order valence-electron chi connectivity index (χ2n) is 6.74. The SMILES string of the molecule is C=C(C)OC(=O)CC(NC(=O)OCC1c2ccccc2-c2ccccc21)C(=O)O. The van der Waals surface area contributed by atoms with E-state index in [-0.39, 0.29) is 18.3 Å². The van der Waals surface area contributed by atoms with Crippen LogP contribution in [0.3, 0.4) is 0 Å². The first kappa shape index (κ1) is 20.1. The number of nitrogens with one attached hydrogen (secondary N) is 1. The van der Waals surface area contributed by atoms with Crippen LogP contribution in [-0.2, 0) is 19.1 Å². The Morgan fingerprint density at radius 2 is 1.62 bits per heavy atom. The second kappa shape index (κ2) is 8.60. The van der Waals surface area contributed by atoms with Crippen LogP contribution in [0.2, 0.25) is 0 Å². The average Bonchev–Trinajstić information content (AvgIpc) is 2.99. The van der Waals surface area contributed by atoms with E-state index in [1.54, 1.807) is 0 Å². The Hall–Kier alpha value is -3.61. The third-order valence-corrected chi connectivity index (χ3v) is 4.59. The number of alkyl carbamates (subject to hydrolysis) is 1. The summed E-state index contributed by atoms with van der Waals surface area (Å²) in [4.78, 5) is 35.2. The highest BCUT2D eigenvalue weighted by Crippen LogP contribution is 2.44. The fraction of sp³-hybridized carbons (Fsp3) is 0.227. The monoisotopic (exact) mass is 395 g/mol. The molecule has 1 aliphatic rings. The first-order chi connectivity index (χ1) is 13.9. The van der Waals surface area contributed by atoms with E-state index >= 15 is 0 Å². The number of carbonyl (C=O) groups is 3. The quantitative estimate of drug-likeness (QED) is 0.550. The Bertz CT molecular complexity index is 922. The van der Waals surface area contributed by atoms with Gasteiger partial charge >= 0.3 is 18.0 Å².